The number of benzene rings is 1. The van der Waals surface area contributed by atoms with Crippen molar-refractivity contribution in [1.82, 2.24) is 19.4 Å². The van der Waals surface area contributed by atoms with Crippen molar-refractivity contribution in [2.45, 2.75) is 57.3 Å². The third kappa shape index (κ3) is 4.10. The van der Waals surface area contributed by atoms with Crippen LogP contribution in [0.3, 0.4) is 0 Å². The van der Waals surface area contributed by atoms with Crippen molar-refractivity contribution in [2.75, 3.05) is 19.6 Å². The maximum absolute atomic E-state index is 14.8. The Morgan fingerprint density at radius 3 is 2.59 bits per heavy atom. The Kier molecular flexibility index (Phi) is 6.35. The predicted octanol–water partition coefficient (Wildman–Crippen LogP) is 3.02. The average Bonchev–Trinajstić information content (AvgIpc) is 3.44. The first-order valence-electron chi connectivity index (χ1n) is 12.1. The summed E-state index contributed by atoms with van der Waals surface area (Å²) in [5.41, 5.74) is 3.78. The van der Waals surface area contributed by atoms with Crippen LogP contribution in [0.5, 0.6) is 0 Å². The monoisotopic (exact) mass is 484 g/mol. The van der Waals surface area contributed by atoms with Gasteiger partial charge in [0.15, 0.2) is 0 Å². The number of likely N-dealkylation sites (tertiary alicyclic amines) is 1. The lowest BCUT2D eigenvalue weighted by Crippen LogP contribution is -2.43. The predicted molar refractivity (Wildman–Crippen MR) is 133 cm³/mol. The van der Waals surface area contributed by atoms with E-state index in [9.17, 15) is 14.0 Å². The minimum Gasteiger partial charge on any atom is -0.313 e. The third-order valence-electron chi connectivity index (χ3n) is 7.70. The zero-order valence-corrected chi connectivity index (χ0v) is 20.0. The first kappa shape index (κ1) is 23.3. The van der Waals surface area contributed by atoms with Crippen LogP contribution in [-0.2, 0) is 26.1 Å². The fraction of sp³-hybridized carbons (Fsp3) is 0.462. The largest absolute Gasteiger partial charge is 0.313 e. The Hall–Kier alpha value is -2.48. The molecule has 0 aliphatic carbocycles. The molecule has 1 unspecified atom stereocenters. The minimum atomic E-state index is -0.203. The smallest absolute Gasteiger partial charge is 0.251 e. The molecule has 6 rings (SSSR count). The van der Waals surface area contributed by atoms with E-state index in [-0.39, 0.29) is 35.3 Å². The molecule has 5 heterocycles. The Morgan fingerprint density at radius 2 is 1.76 bits per heavy atom. The highest BCUT2D eigenvalue weighted by Crippen LogP contribution is 2.35. The summed E-state index contributed by atoms with van der Waals surface area (Å²) in [5, 5.41) is 4.57. The van der Waals surface area contributed by atoms with Crippen molar-refractivity contribution in [1.29, 1.82) is 0 Å². The van der Waals surface area contributed by atoms with Crippen molar-refractivity contribution >= 4 is 23.3 Å². The van der Waals surface area contributed by atoms with Crippen LogP contribution in [0.4, 0.5) is 4.39 Å². The minimum absolute atomic E-state index is 0. The number of piperidine rings is 1. The number of pyridine rings is 2. The number of aryl methyl sites for hydroxylation is 1. The molecule has 0 bridgehead atoms. The summed E-state index contributed by atoms with van der Waals surface area (Å²) in [5.74, 6) is -0.196. The highest BCUT2D eigenvalue weighted by Gasteiger charge is 2.31. The van der Waals surface area contributed by atoms with Crippen LogP contribution in [-0.4, -0.2) is 39.7 Å². The second-order valence-electron chi connectivity index (χ2n) is 9.78. The molecule has 0 spiro atoms. The van der Waals surface area contributed by atoms with Crippen molar-refractivity contribution in [3.05, 3.63) is 79.7 Å². The lowest BCUT2D eigenvalue weighted by Gasteiger charge is -2.34. The van der Waals surface area contributed by atoms with E-state index in [2.05, 4.69) is 16.3 Å². The molecule has 1 aromatic carbocycles. The molecule has 0 amide bonds. The maximum atomic E-state index is 14.8. The molecule has 34 heavy (non-hydrogen) atoms. The molecule has 8 heteroatoms. The summed E-state index contributed by atoms with van der Waals surface area (Å²) >= 11 is 0. The highest BCUT2D eigenvalue weighted by molar-refractivity contribution is 5.85. The molecule has 3 aliphatic rings. The first-order valence-corrected chi connectivity index (χ1v) is 12.1. The van der Waals surface area contributed by atoms with Gasteiger partial charge in [-0.3, -0.25) is 9.59 Å². The molecule has 1 saturated heterocycles. The van der Waals surface area contributed by atoms with Gasteiger partial charge >= 0.3 is 0 Å². The molecule has 1 fully saturated rings. The van der Waals surface area contributed by atoms with Gasteiger partial charge in [0.1, 0.15) is 5.82 Å². The van der Waals surface area contributed by atoms with Crippen molar-refractivity contribution in [2.24, 2.45) is 0 Å². The SMILES string of the molecule is Cl.O=c1cc(CNC2CCN(CC3Cn4c(=O)ccc5ccc(F)c3c54)CC2)cc2n1CCC2. The van der Waals surface area contributed by atoms with E-state index in [0.717, 1.165) is 80.6 Å². The van der Waals surface area contributed by atoms with Crippen LogP contribution in [0.2, 0.25) is 0 Å². The highest BCUT2D eigenvalue weighted by atomic mass is 35.5. The summed E-state index contributed by atoms with van der Waals surface area (Å²) in [6.07, 6.45) is 4.10. The van der Waals surface area contributed by atoms with Crippen LogP contribution < -0.4 is 16.4 Å². The molecular weight excluding hydrogens is 455 g/mol. The second-order valence-corrected chi connectivity index (χ2v) is 9.78. The van der Waals surface area contributed by atoms with Gasteiger partial charge < -0.3 is 19.4 Å². The molecule has 180 valence electrons. The fourth-order valence-corrected chi connectivity index (χ4v) is 6.01. The number of halogens is 2. The van der Waals surface area contributed by atoms with Gasteiger partial charge in [-0.2, -0.15) is 0 Å². The molecule has 1 atom stereocenters. The van der Waals surface area contributed by atoms with E-state index in [4.69, 9.17) is 0 Å². The molecular formula is C26H30ClFN4O2. The standard InChI is InChI=1S/C26H29FN4O2.ClH/c27-22-5-3-18-4-6-23(32)31-16-19(25(22)26(18)31)15-29-10-7-20(8-11-29)28-14-17-12-21-2-1-9-30(21)24(33)13-17;/h3-6,12-13,19-20,28H,1-2,7-11,14-16H2;1H. The molecule has 2 aromatic heterocycles. The Labute approximate surface area is 203 Å². The average molecular weight is 485 g/mol. The lowest BCUT2D eigenvalue weighted by atomic mass is 9.96. The van der Waals surface area contributed by atoms with Gasteiger partial charge in [-0.05, 0) is 74.0 Å². The summed E-state index contributed by atoms with van der Waals surface area (Å²) < 4.78 is 18.4. The normalized spacial score (nSPS) is 20.0. The Morgan fingerprint density at radius 1 is 0.971 bits per heavy atom. The van der Waals surface area contributed by atoms with Gasteiger partial charge in [-0.25, -0.2) is 4.39 Å². The molecule has 0 radical (unpaired) electrons. The number of hydrogen-bond donors (Lipinski definition) is 1. The second kappa shape index (κ2) is 9.29. The van der Waals surface area contributed by atoms with E-state index in [1.54, 1.807) is 28.8 Å². The molecule has 3 aromatic rings. The zero-order valence-electron chi connectivity index (χ0n) is 19.1. The van der Waals surface area contributed by atoms with E-state index >= 15 is 0 Å². The van der Waals surface area contributed by atoms with Crippen molar-refractivity contribution in [3.63, 3.8) is 0 Å². The van der Waals surface area contributed by atoms with Gasteiger partial charge in [0.25, 0.3) is 11.1 Å². The Bertz CT molecular complexity index is 1340. The molecule has 3 aliphatic heterocycles. The van der Waals surface area contributed by atoms with E-state index in [1.165, 1.54) is 6.07 Å². The number of fused-ring (bicyclic) bond motifs is 1. The number of nitrogens with one attached hydrogen (secondary N) is 1. The van der Waals surface area contributed by atoms with Gasteiger partial charge in [0, 0.05) is 61.5 Å². The lowest BCUT2D eigenvalue weighted by molar-refractivity contribution is 0.184. The summed E-state index contributed by atoms with van der Waals surface area (Å²) in [6, 6.07) is 11.0. The summed E-state index contributed by atoms with van der Waals surface area (Å²) in [4.78, 5) is 27.0. The van der Waals surface area contributed by atoms with Gasteiger partial charge in [-0.15, -0.1) is 12.4 Å². The van der Waals surface area contributed by atoms with Crippen LogP contribution in [0.25, 0.3) is 10.9 Å². The fourth-order valence-electron chi connectivity index (χ4n) is 6.01. The van der Waals surface area contributed by atoms with E-state index in [0.29, 0.717) is 18.2 Å². The maximum Gasteiger partial charge on any atom is 0.251 e. The van der Waals surface area contributed by atoms with Gasteiger partial charge in [0.2, 0.25) is 0 Å². The van der Waals surface area contributed by atoms with Crippen molar-refractivity contribution in [3.8, 4) is 0 Å². The van der Waals surface area contributed by atoms with Crippen molar-refractivity contribution < 1.29 is 4.39 Å². The van der Waals surface area contributed by atoms with Gasteiger partial charge in [0.05, 0.1) is 5.52 Å². The Balaban J connectivity index is 0.00000241. The zero-order chi connectivity index (χ0) is 22.5. The van der Waals surface area contributed by atoms with Crippen LogP contribution in [0.1, 0.15) is 42.0 Å². The van der Waals surface area contributed by atoms with Crippen LogP contribution in [0, 0.1) is 5.82 Å². The quantitative estimate of drug-likeness (QED) is 0.605. The van der Waals surface area contributed by atoms with E-state index < -0.39 is 0 Å². The third-order valence-corrected chi connectivity index (χ3v) is 7.70. The van der Waals surface area contributed by atoms with Gasteiger partial charge in [-0.1, -0.05) is 0 Å². The van der Waals surface area contributed by atoms with E-state index in [1.807, 2.05) is 4.57 Å². The molecule has 0 saturated carbocycles. The molecule has 6 nitrogen and oxygen atoms in total. The molecule has 1 N–H and O–H groups in total. The van der Waals surface area contributed by atoms with Crippen LogP contribution >= 0.6 is 12.4 Å². The number of hydrogen-bond acceptors (Lipinski definition) is 4. The topological polar surface area (TPSA) is 59.3 Å². The first-order chi connectivity index (χ1) is 16.1. The number of nitrogens with zero attached hydrogens (tertiary/aromatic N) is 3. The number of rotatable bonds is 5. The number of aromatic nitrogens is 2. The van der Waals surface area contributed by atoms with Crippen LogP contribution in [0.15, 0.2) is 46.0 Å². The summed E-state index contributed by atoms with van der Waals surface area (Å²) in [6.45, 7) is 4.79. The summed E-state index contributed by atoms with van der Waals surface area (Å²) in [7, 11) is 0.